The van der Waals surface area contributed by atoms with Gasteiger partial charge in [0.2, 0.25) is 0 Å². The van der Waals surface area contributed by atoms with Crippen molar-refractivity contribution in [1.29, 1.82) is 0 Å². The first-order valence-corrected chi connectivity index (χ1v) is 3.43. The van der Waals surface area contributed by atoms with E-state index in [-0.39, 0.29) is 17.8 Å². The summed E-state index contributed by atoms with van der Waals surface area (Å²) in [7, 11) is 0. The first-order valence-electron chi connectivity index (χ1n) is 3.43. The van der Waals surface area contributed by atoms with E-state index < -0.39 is 0 Å². The Hall–Kier alpha value is -1.28. The largest absolute Gasteiger partial charge is 0.324 e. The van der Waals surface area contributed by atoms with Crippen LogP contribution >= 0.6 is 12.4 Å². The van der Waals surface area contributed by atoms with Crippen molar-refractivity contribution in [1.82, 2.24) is 4.40 Å². The van der Waals surface area contributed by atoms with Gasteiger partial charge in [-0.15, -0.1) is 12.4 Å². The molecule has 0 bridgehead atoms. The van der Waals surface area contributed by atoms with Gasteiger partial charge in [0.1, 0.15) is 0 Å². The Balaban J connectivity index is 0.000000720. The van der Waals surface area contributed by atoms with Crippen LogP contribution in [0.25, 0.3) is 5.52 Å². The van der Waals surface area contributed by atoms with E-state index in [4.69, 9.17) is 0 Å². The fourth-order valence-electron chi connectivity index (χ4n) is 1.07. The number of hydrogen-bond acceptors (Lipinski definition) is 1. The highest BCUT2D eigenvalue weighted by molar-refractivity contribution is 5.85. The molecule has 0 atom stereocenters. The third kappa shape index (κ3) is 1.48. The van der Waals surface area contributed by atoms with E-state index in [9.17, 15) is 4.79 Å². The summed E-state index contributed by atoms with van der Waals surface area (Å²) in [5, 5.41) is 0. The predicted molar refractivity (Wildman–Crippen MR) is 50.9 cm³/mol. The molecule has 0 N–H and O–H groups in total. The summed E-state index contributed by atoms with van der Waals surface area (Å²) in [5.41, 5.74) is 0.983. The molecule has 0 aliphatic rings. The number of fused-ring (bicyclic) bond motifs is 1. The van der Waals surface area contributed by atoms with Crippen LogP contribution in [0.2, 0.25) is 0 Å². The number of rotatable bonds is 0. The third-order valence-electron chi connectivity index (χ3n) is 1.61. The van der Waals surface area contributed by atoms with Crippen LogP contribution < -0.4 is 5.43 Å². The lowest BCUT2D eigenvalue weighted by Crippen LogP contribution is -1.98. The summed E-state index contributed by atoms with van der Waals surface area (Å²) in [6, 6.07) is 8.90. The zero-order chi connectivity index (χ0) is 7.68. The van der Waals surface area contributed by atoms with E-state index in [0.29, 0.717) is 0 Å². The second-order valence-electron chi connectivity index (χ2n) is 2.40. The van der Waals surface area contributed by atoms with E-state index in [1.807, 2.05) is 28.8 Å². The van der Waals surface area contributed by atoms with Gasteiger partial charge < -0.3 is 4.40 Å². The summed E-state index contributed by atoms with van der Waals surface area (Å²) in [4.78, 5) is 10.9. The minimum atomic E-state index is 0. The highest BCUT2D eigenvalue weighted by Gasteiger charge is 1.87. The standard InChI is InChI=1S/C9H7NO.ClH/c11-9-4-6-10-5-2-1-3-8(10)7-9;/h1-7H;1H. The van der Waals surface area contributed by atoms with Crippen molar-refractivity contribution in [3.05, 3.63) is 52.9 Å². The fourth-order valence-corrected chi connectivity index (χ4v) is 1.07. The minimum Gasteiger partial charge on any atom is -0.324 e. The van der Waals surface area contributed by atoms with Crippen molar-refractivity contribution in [2.75, 3.05) is 0 Å². The average molecular weight is 182 g/mol. The molecule has 62 valence electrons. The zero-order valence-corrected chi connectivity index (χ0v) is 7.12. The van der Waals surface area contributed by atoms with E-state index in [1.165, 1.54) is 0 Å². The van der Waals surface area contributed by atoms with E-state index >= 15 is 0 Å². The lowest BCUT2D eigenvalue weighted by molar-refractivity contribution is 1.15. The number of halogens is 1. The summed E-state index contributed by atoms with van der Waals surface area (Å²) < 4.78 is 1.90. The molecule has 0 fully saturated rings. The molecular weight excluding hydrogens is 174 g/mol. The molecule has 3 heteroatoms. The number of hydrogen-bond donors (Lipinski definition) is 0. The Morgan fingerprint density at radius 1 is 1.08 bits per heavy atom. The van der Waals surface area contributed by atoms with Gasteiger partial charge >= 0.3 is 0 Å². The molecule has 2 heterocycles. The van der Waals surface area contributed by atoms with Crippen LogP contribution in [-0.2, 0) is 0 Å². The van der Waals surface area contributed by atoms with Crippen molar-refractivity contribution in [2.24, 2.45) is 0 Å². The molecule has 0 aromatic carbocycles. The van der Waals surface area contributed by atoms with Crippen LogP contribution in [0.1, 0.15) is 0 Å². The number of nitrogens with zero attached hydrogens (tertiary/aromatic N) is 1. The molecule has 0 amide bonds. The van der Waals surface area contributed by atoms with Crippen LogP contribution in [0.3, 0.4) is 0 Å². The van der Waals surface area contributed by atoms with Crippen LogP contribution in [0.5, 0.6) is 0 Å². The van der Waals surface area contributed by atoms with E-state index in [0.717, 1.165) is 5.52 Å². The van der Waals surface area contributed by atoms with Crippen molar-refractivity contribution in [3.8, 4) is 0 Å². The quantitative estimate of drug-likeness (QED) is 0.607. The molecule has 0 spiro atoms. The monoisotopic (exact) mass is 181 g/mol. The number of pyridine rings is 2. The van der Waals surface area contributed by atoms with Crippen LogP contribution in [-0.4, -0.2) is 4.40 Å². The van der Waals surface area contributed by atoms with E-state index in [2.05, 4.69) is 0 Å². The molecule has 0 radical (unpaired) electrons. The van der Waals surface area contributed by atoms with Crippen LogP contribution in [0, 0.1) is 0 Å². The molecule has 2 aromatic heterocycles. The normalized spacial score (nSPS) is 9.33. The highest BCUT2D eigenvalue weighted by Crippen LogP contribution is 1.97. The molecule has 0 aliphatic heterocycles. The maximum atomic E-state index is 10.9. The molecule has 2 rings (SSSR count). The van der Waals surface area contributed by atoms with Gasteiger partial charge in [0.05, 0.1) is 0 Å². The van der Waals surface area contributed by atoms with Gasteiger partial charge in [0, 0.05) is 30.0 Å². The lowest BCUT2D eigenvalue weighted by Gasteiger charge is -1.96. The Morgan fingerprint density at radius 3 is 2.75 bits per heavy atom. The van der Waals surface area contributed by atoms with Gasteiger partial charge in [-0.25, -0.2) is 0 Å². The Kier molecular flexibility index (Phi) is 2.51. The zero-order valence-electron chi connectivity index (χ0n) is 6.31. The predicted octanol–water partition coefficient (Wildman–Crippen LogP) is 1.72. The van der Waals surface area contributed by atoms with Crippen molar-refractivity contribution in [3.63, 3.8) is 0 Å². The summed E-state index contributed by atoms with van der Waals surface area (Å²) in [6.45, 7) is 0. The average Bonchev–Trinajstić information content (AvgIpc) is 2.04. The summed E-state index contributed by atoms with van der Waals surface area (Å²) in [6.07, 6.45) is 3.67. The highest BCUT2D eigenvalue weighted by atomic mass is 35.5. The Morgan fingerprint density at radius 2 is 1.92 bits per heavy atom. The van der Waals surface area contributed by atoms with Gasteiger partial charge in [-0.3, -0.25) is 4.79 Å². The van der Waals surface area contributed by atoms with Gasteiger partial charge in [0.15, 0.2) is 5.43 Å². The molecule has 2 aromatic rings. The van der Waals surface area contributed by atoms with Crippen molar-refractivity contribution < 1.29 is 0 Å². The maximum absolute atomic E-state index is 10.9. The second-order valence-corrected chi connectivity index (χ2v) is 2.40. The smallest absolute Gasteiger partial charge is 0.182 e. The minimum absolute atomic E-state index is 0. The van der Waals surface area contributed by atoms with Gasteiger partial charge in [-0.2, -0.15) is 0 Å². The molecular formula is C9H8ClNO. The van der Waals surface area contributed by atoms with Crippen molar-refractivity contribution >= 4 is 17.9 Å². The first kappa shape index (κ1) is 8.81. The maximum Gasteiger partial charge on any atom is 0.182 e. The number of aromatic nitrogens is 1. The topological polar surface area (TPSA) is 21.5 Å². The molecule has 0 saturated carbocycles. The molecule has 0 unspecified atom stereocenters. The van der Waals surface area contributed by atoms with Crippen LogP contribution in [0.15, 0.2) is 47.5 Å². The van der Waals surface area contributed by atoms with Crippen molar-refractivity contribution in [2.45, 2.75) is 0 Å². The van der Waals surface area contributed by atoms with E-state index in [1.54, 1.807) is 18.3 Å². The second kappa shape index (κ2) is 3.41. The summed E-state index contributed by atoms with van der Waals surface area (Å²) >= 11 is 0. The summed E-state index contributed by atoms with van der Waals surface area (Å²) in [5.74, 6) is 0. The Labute approximate surface area is 75.9 Å². The van der Waals surface area contributed by atoms with Gasteiger partial charge in [-0.1, -0.05) is 6.07 Å². The first-order chi connectivity index (χ1) is 5.36. The Bertz CT molecular complexity index is 435. The SMILES string of the molecule is Cl.O=c1ccn2ccccc2c1. The molecule has 12 heavy (non-hydrogen) atoms. The molecule has 0 saturated heterocycles. The fraction of sp³-hybridized carbons (Fsp3) is 0. The lowest BCUT2D eigenvalue weighted by atomic mass is 10.3. The van der Waals surface area contributed by atoms with Gasteiger partial charge in [-0.05, 0) is 12.1 Å². The van der Waals surface area contributed by atoms with Crippen LogP contribution in [0.4, 0.5) is 0 Å². The van der Waals surface area contributed by atoms with Gasteiger partial charge in [0.25, 0.3) is 0 Å². The molecule has 2 nitrogen and oxygen atoms in total. The molecule has 0 aliphatic carbocycles. The third-order valence-corrected chi connectivity index (χ3v) is 1.61.